The van der Waals surface area contributed by atoms with Gasteiger partial charge in [0.25, 0.3) is 0 Å². The van der Waals surface area contributed by atoms with Gasteiger partial charge in [-0.05, 0) is 52.7 Å². The van der Waals surface area contributed by atoms with Crippen molar-refractivity contribution in [3.8, 4) is 0 Å². The van der Waals surface area contributed by atoms with Gasteiger partial charge >= 0.3 is 5.97 Å². The second-order valence-electron chi connectivity index (χ2n) is 4.15. The first kappa shape index (κ1) is 13.5. The summed E-state index contributed by atoms with van der Waals surface area (Å²) in [5, 5.41) is 12.3. The highest BCUT2D eigenvalue weighted by atomic mass is 79.9. The zero-order valence-electron chi connectivity index (χ0n) is 10.3. The van der Waals surface area contributed by atoms with E-state index in [0.717, 1.165) is 11.3 Å². The second kappa shape index (κ2) is 5.84. The molecule has 0 bridgehead atoms. The molecule has 0 aliphatic carbocycles. The lowest BCUT2D eigenvalue weighted by molar-refractivity contribution is 0.0696. The third kappa shape index (κ3) is 3.32. The maximum Gasteiger partial charge on any atom is 0.336 e. The number of carboxylic acid groups (broad SMARTS) is 1. The number of carboxylic acids is 1. The van der Waals surface area contributed by atoms with Crippen molar-refractivity contribution in [3.05, 3.63) is 58.3 Å². The summed E-state index contributed by atoms with van der Waals surface area (Å²) >= 11 is 3.26. The molecule has 1 aromatic carbocycles. The Balaban J connectivity index is 2.16. The molecule has 0 aliphatic rings. The average molecular weight is 321 g/mol. The van der Waals surface area contributed by atoms with Crippen molar-refractivity contribution in [3.63, 3.8) is 0 Å². The number of nitrogens with zero attached hydrogens (tertiary/aromatic N) is 1. The number of anilines is 1. The second-order valence-corrected chi connectivity index (χ2v) is 5.01. The van der Waals surface area contributed by atoms with E-state index in [4.69, 9.17) is 5.11 Å². The predicted molar refractivity (Wildman–Crippen MR) is 77.4 cm³/mol. The van der Waals surface area contributed by atoms with Crippen molar-refractivity contribution >= 4 is 27.6 Å². The van der Waals surface area contributed by atoms with Crippen molar-refractivity contribution in [2.75, 3.05) is 5.32 Å². The van der Waals surface area contributed by atoms with Crippen LogP contribution in [0.2, 0.25) is 0 Å². The number of aromatic carboxylic acids is 1. The van der Waals surface area contributed by atoms with Crippen LogP contribution in [0.15, 0.2) is 47.2 Å². The standard InChI is InChI=1S/C14H13BrN2O2/c1-9(10-3-2-6-16-8-10)17-11-4-5-12(14(18)19)13(15)7-11/h2-9,17H,1H3,(H,18,19). The lowest BCUT2D eigenvalue weighted by atomic mass is 10.1. The van der Waals surface area contributed by atoms with Crippen LogP contribution in [0, 0.1) is 0 Å². The molecule has 1 unspecified atom stereocenters. The third-order valence-corrected chi connectivity index (χ3v) is 3.42. The zero-order valence-corrected chi connectivity index (χ0v) is 11.9. The molecule has 4 nitrogen and oxygen atoms in total. The fraction of sp³-hybridized carbons (Fsp3) is 0.143. The number of nitrogens with one attached hydrogen (secondary N) is 1. The summed E-state index contributed by atoms with van der Waals surface area (Å²) in [7, 11) is 0. The quantitative estimate of drug-likeness (QED) is 0.901. The van der Waals surface area contributed by atoms with Crippen LogP contribution in [-0.2, 0) is 0 Å². The van der Waals surface area contributed by atoms with E-state index in [2.05, 4.69) is 26.2 Å². The number of carbonyl (C=O) groups is 1. The van der Waals surface area contributed by atoms with Gasteiger partial charge in [-0.1, -0.05) is 6.07 Å². The Bertz CT molecular complexity index is 587. The van der Waals surface area contributed by atoms with Gasteiger partial charge in [-0.25, -0.2) is 4.79 Å². The molecule has 0 saturated heterocycles. The number of rotatable bonds is 4. The molecule has 2 aromatic rings. The van der Waals surface area contributed by atoms with E-state index < -0.39 is 5.97 Å². The van der Waals surface area contributed by atoms with Crippen LogP contribution in [0.1, 0.15) is 28.9 Å². The lowest BCUT2D eigenvalue weighted by Crippen LogP contribution is -2.07. The maximum atomic E-state index is 10.9. The smallest absolute Gasteiger partial charge is 0.336 e. The largest absolute Gasteiger partial charge is 0.478 e. The fourth-order valence-electron chi connectivity index (χ4n) is 1.74. The van der Waals surface area contributed by atoms with Gasteiger partial charge in [-0.15, -0.1) is 0 Å². The van der Waals surface area contributed by atoms with Crippen LogP contribution in [0.4, 0.5) is 5.69 Å². The summed E-state index contributed by atoms with van der Waals surface area (Å²) < 4.78 is 0.559. The Morgan fingerprint density at radius 3 is 2.79 bits per heavy atom. The molecular formula is C14H13BrN2O2. The Morgan fingerprint density at radius 1 is 1.42 bits per heavy atom. The van der Waals surface area contributed by atoms with E-state index in [1.54, 1.807) is 30.6 Å². The molecule has 0 fully saturated rings. The normalized spacial score (nSPS) is 11.9. The maximum absolute atomic E-state index is 10.9. The average Bonchev–Trinajstić information content (AvgIpc) is 2.39. The van der Waals surface area contributed by atoms with Gasteiger partial charge in [0.2, 0.25) is 0 Å². The topological polar surface area (TPSA) is 62.2 Å². The van der Waals surface area contributed by atoms with Gasteiger partial charge in [0.1, 0.15) is 0 Å². The number of benzene rings is 1. The van der Waals surface area contributed by atoms with Crippen molar-refractivity contribution in [1.82, 2.24) is 4.98 Å². The number of pyridine rings is 1. The Morgan fingerprint density at radius 2 is 2.21 bits per heavy atom. The number of aromatic nitrogens is 1. The highest BCUT2D eigenvalue weighted by Gasteiger charge is 2.10. The highest BCUT2D eigenvalue weighted by molar-refractivity contribution is 9.10. The van der Waals surface area contributed by atoms with Gasteiger partial charge in [0, 0.05) is 22.6 Å². The molecule has 19 heavy (non-hydrogen) atoms. The summed E-state index contributed by atoms with van der Waals surface area (Å²) in [4.78, 5) is 15.0. The van der Waals surface area contributed by atoms with Crippen molar-refractivity contribution in [2.24, 2.45) is 0 Å². The molecule has 1 aromatic heterocycles. The van der Waals surface area contributed by atoms with Crippen molar-refractivity contribution in [2.45, 2.75) is 13.0 Å². The molecule has 5 heteroatoms. The van der Waals surface area contributed by atoms with Crippen molar-refractivity contribution < 1.29 is 9.90 Å². The van der Waals surface area contributed by atoms with Crippen LogP contribution in [0.3, 0.4) is 0 Å². The molecule has 0 radical (unpaired) electrons. The Hall–Kier alpha value is -1.88. The molecule has 0 aliphatic heterocycles. The molecule has 0 spiro atoms. The monoisotopic (exact) mass is 320 g/mol. The minimum Gasteiger partial charge on any atom is -0.478 e. The van der Waals surface area contributed by atoms with E-state index in [1.165, 1.54) is 0 Å². The summed E-state index contributed by atoms with van der Waals surface area (Å²) in [5.74, 6) is -0.946. The number of hydrogen-bond acceptors (Lipinski definition) is 3. The van der Waals surface area contributed by atoms with Gasteiger partial charge in [-0.2, -0.15) is 0 Å². The molecule has 2 rings (SSSR count). The molecule has 98 valence electrons. The lowest BCUT2D eigenvalue weighted by Gasteiger charge is -2.15. The predicted octanol–water partition coefficient (Wildman–Crippen LogP) is 3.72. The van der Waals surface area contributed by atoms with Crippen molar-refractivity contribution in [1.29, 1.82) is 0 Å². The molecule has 0 saturated carbocycles. The summed E-state index contributed by atoms with van der Waals surface area (Å²) in [5.41, 5.74) is 2.17. The number of halogens is 1. The van der Waals surface area contributed by atoms with E-state index >= 15 is 0 Å². The van der Waals surface area contributed by atoms with Crippen LogP contribution in [-0.4, -0.2) is 16.1 Å². The summed E-state index contributed by atoms with van der Waals surface area (Å²) in [6, 6.07) is 9.06. The van der Waals surface area contributed by atoms with Gasteiger partial charge < -0.3 is 10.4 Å². The minimum atomic E-state index is -0.946. The molecule has 2 N–H and O–H groups in total. The minimum absolute atomic E-state index is 0.0938. The zero-order chi connectivity index (χ0) is 13.8. The van der Waals surface area contributed by atoms with Gasteiger partial charge in [-0.3, -0.25) is 4.98 Å². The highest BCUT2D eigenvalue weighted by Crippen LogP contribution is 2.24. The summed E-state index contributed by atoms with van der Waals surface area (Å²) in [6.45, 7) is 2.02. The van der Waals surface area contributed by atoms with E-state index in [1.807, 2.05) is 19.1 Å². The van der Waals surface area contributed by atoms with Crippen LogP contribution in [0.5, 0.6) is 0 Å². The first-order chi connectivity index (χ1) is 9.08. The SMILES string of the molecule is CC(Nc1ccc(C(=O)O)c(Br)c1)c1cccnc1. The first-order valence-corrected chi connectivity index (χ1v) is 6.56. The fourth-order valence-corrected chi connectivity index (χ4v) is 2.29. The first-order valence-electron chi connectivity index (χ1n) is 5.77. The van der Waals surface area contributed by atoms with Gasteiger partial charge in [0.05, 0.1) is 11.6 Å². The molecular weight excluding hydrogens is 308 g/mol. The Labute approximate surface area is 119 Å². The van der Waals surface area contributed by atoms with E-state index in [0.29, 0.717) is 4.47 Å². The van der Waals surface area contributed by atoms with Crippen LogP contribution >= 0.6 is 15.9 Å². The number of hydrogen-bond donors (Lipinski definition) is 2. The molecule has 1 heterocycles. The van der Waals surface area contributed by atoms with E-state index in [-0.39, 0.29) is 11.6 Å². The van der Waals surface area contributed by atoms with Crippen LogP contribution in [0.25, 0.3) is 0 Å². The van der Waals surface area contributed by atoms with Crippen LogP contribution < -0.4 is 5.32 Å². The third-order valence-electron chi connectivity index (χ3n) is 2.77. The van der Waals surface area contributed by atoms with Gasteiger partial charge in [0.15, 0.2) is 0 Å². The summed E-state index contributed by atoms with van der Waals surface area (Å²) in [6.07, 6.45) is 3.53. The molecule has 1 atom stereocenters. The van der Waals surface area contributed by atoms with E-state index in [9.17, 15) is 4.79 Å². The molecule has 0 amide bonds. The Kier molecular flexibility index (Phi) is 4.16.